The third-order valence-electron chi connectivity index (χ3n) is 2.83. The summed E-state index contributed by atoms with van der Waals surface area (Å²) in [5, 5.41) is 8.32. The van der Waals surface area contributed by atoms with E-state index in [1.165, 1.54) is 0 Å². The van der Waals surface area contributed by atoms with E-state index >= 15 is 0 Å². The molecule has 0 saturated heterocycles. The van der Waals surface area contributed by atoms with Crippen molar-refractivity contribution in [2.24, 2.45) is 0 Å². The molecule has 4 nitrogen and oxygen atoms in total. The molecule has 18 heavy (non-hydrogen) atoms. The van der Waals surface area contributed by atoms with Crippen LogP contribution in [0.25, 0.3) is 5.69 Å². The Balaban J connectivity index is 2.31. The number of alkyl halides is 1. The van der Waals surface area contributed by atoms with Gasteiger partial charge < -0.3 is 4.74 Å². The second-order valence-corrected chi connectivity index (χ2v) is 5.22. The number of hydrogen-bond acceptors (Lipinski definition) is 3. The van der Waals surface area contributed by atoms with Crippen molar-refractivity contribution in [3.05, 3.63) is 35.7 Å². The van der Waals surface area contributed by atoms with Gasteiger partial charge in [-0.1, -0.05) is 28.1 Å². The third kappa shape index (κ3) is 2.56. The summed E-state index contributed by atoms with van der Waals surface area (Å²) in [4.78, 5) is 0.255. The molecule has 5 heteroatoms. The van der Waals surface area contributed by atoms with Crippen LogP contribution in [-0.2, 0) is 0 Å². The first-order chi connectivity index (χ1) is 8.65. The number of benzene rings is 1. The molecule has 1 aromatic heterocycles. The predicted octanol–water partition coefficient (Wildman–Crippen LogP) is 3.43. The summed E-state index contributed by atoms with van der Waals surface area (Å²) in [6, 6.07) is 5.95. The van der Waals surface area contributed by atoms with Crippen molar-refractivity contribution in [2.45, 2.75) is 25.1 Å². The molecule has 0 spiro atoms. The van der Waals surface area contributed by atoms with Crippen LogP contribution in [-0.4, -0.2) is 22.1 Å². The minimum atomic E-state index is 0.255. The fourth-order valence-corrected chi connectivity index (χ4v) is 1.97. The number of ether oxygens (including phenoxy) is 1. The van der Waals surface area contributed by atoms with Crippen LogP contribution < -0.4 is 4.74 Å². The number of nitrogens with zero attached hydrogens (tertiary/aromatic N) is 3. The van der Waals surface area contributed by atoms with Gasteiger partial charge in [0.1, 0.15) is 5.75 Å². The molecule has 2 aromatic rings. The molecule has 0 bridgehead atoms. The summed E-state index contributed by atoms with van der Waals surface area (Å²) >= 11 is 3.57. The lowest BCUT2D eigenvalue weighted by Crippen LogP contribution is -1.96. The van der Waals surface area contributed by atoms with Crippen LogP contribution in [0.1, 0.15) is 29.4 Å². The molecule has 0 aliphatic rings. The van der Waals surface area contributed by atoms with Gasteiger partial charge in [-0.25, -0.2) is 4.68 Å². The SMILES string of the molecule is CCC(Br)c1cn(-c2ccc(OC)c(C)c2)nn1. The zero-order valence-electron chi connectivity index (χ0n) is 10.7. The molecule has 0 aliphatic carbocycles. The Morgan fingerprint density at radius 3 is 2.83 bits per heavy atom. The predicted molar refractivity (Wildman–Crippen MR) is 74.6 cm³/mol. The van der Waals surface area contributed by atoms with Crippen LogP contribution in [0.4, 0.5) is 0 Å². The van der Waals surface area contributed by atoms with Gasteiger partial charge in [0, 0.05) is 0 Å². The molecular weight excluding hydrogens is 294 g/mol. The first kappa shape index (κ1) is 13.1. The van der Waals surface area contributed by atoms with Crippen molar-refractivity contribution < 1.29 is 4.74 Å². The topological polar surface area (TPSA) is 39.9 Å². The maximum atomic E-state index is 5.24. The highest BCUT2D eigenvalue weighted by Crippen LogP contribution is 2.25. The summed E-state index contributed by atoms with van der Waals surface area (Å²) < 4.78 is 7.03. The van der Waals surface area contributed by atoms with Crippen LogP contribution >= 0.6 is 15.9 Å². The Bertz CT molecular complexity index is 539. The number of methoxy groups -OCH3 is 1. The third-order valence-corrected chi connectivity index (χ3v) is 3.95. The Hall–Kier alpha value is -1.36. The number of aromatic nitrogens is 3. The molecule has 1 aromatic carbocycles. The van der Waals surface area contributed by atoms with Crippen molar-refractivity contribution in [3.63, 3.8) is 0 Å². The highest BCUT2D eigenvalue weighted by Gasteiger charge is 2.10. The number of rotatable bonds is 4. The lowest BCUT2D eigenvalue weighted by Gasteiger charge is -2.06. The molecule has 1 unspecified atom stereocenters. The molecule has 0 aliphatic heterocycles. The van der Waals surface area contributed by atoms with Crippen molar-refractivity contribution in [1.29, 1.82) is 0 Å². The molecule has 1 heterocycles. The molecule has 1 atom stereocenters. The number of hydrogen-bond donors (Lipinski definition) is 0. The van der Waals surface area contributed by atoms with E-state index < -0.39 is 0 Å². The largest absolute Gasteiger partial charge is 0.496 e. The first-order valence-electron chi connectivity index (χ1n) is 5.87. The van der Waals surface area contributed by atoms with E-state index in [0.717, 1.165) is 29.1 Å². The van der Waals surface area contributed by atoms with Crippen LogP contribution in [0.5, 0.6) is 5.75 Å². The minimum absolute atomic E-state index is 0.255. The van der Waals surface area contributed by atoms with Crippen molar-refractivity contribution in [1.82, 2.24) is 15.0 Å². The molecule has 0 N–H and O–H groups in total. The summed E-state index contributed by atoms with van der Waals surface area (Å²) in [7, 11) is 1.67. The Labute approximate surface area is 115 Å². The summed E-state index contributed by atoms with van der Waals surface area (Å²) in [6.07, 6.45) is 2.94. The van der Waals surface area contributed by atoms with Gasteiger partial charge in [-0.2, -0.15) is 0 Å². The van der Waals surface area contributed by atoms with Gasteiger partial charge in [0.05, 0.1) is 29.5 Å². The van der Waals surface area contributed by atoms with Gasteiger partial charge in [0.2, 0.25) is 0 Å². The van der Waals surface area contributed by atoms with E-state index in [2.05, 4.69) is 33.2 Å². The Morgan fingerprint density at radius 2 is 2.22 bits per heavy atom. The van der Waals surface area contributed by atoms with E-state index in [1.54, 1.807) is 11.8 Å². The second-order valence-electron chi connectivity index (χ2n) is 4.12. The van der Waals surface area contributed by atoms with E-state index in [9.17, 15) is 0 Å². The summed E-state index contributed by atoms with van der Waals surface area (Å²) in [5.74, 6) is 0.881. The molecule has 0 saturated carbocycles. The highest BCUT2D eigenvalue weighted by atomic mass is 79.9. The molecular formula is C13H16BrN3O. The molecule has 2 rings (SSSR count). The lowest BCUT2D eigenvalue weighted by atomic mass is 10.2. The monoisotopic (exact) mass is 309 g/mol. The average molecular weight is 310 g/mol. The van der Waals surface area contributed by atoms with E-state index in [-0.39, 0.29) is 4.83 Å². The van der Waals surface area contributed by atoms with Gasteiger partial charge >= 0.3 is 0 Å². The van der Waals surface area contributed by atoms with Crippen molar-refractivity contribution >= 4 is 15.9 Å². The number of aryl methyl sites for hydroxylation is 1. The highest BCUT2D eigenvalue weighted by molar-refractivity contribution is 9.09. The van der Waals surface area contributed by atoms with Crippen LogP contribution in [0.2, 0.25) is 0 Å². The van der Waals surface area contributed by atoms with Crippen LogP contribution in [0.3, 0.4) is 0 Å². The summed E-state index contributed by atoms with van der Waals surface area (Å²) in [5.41, 5.74) is 3.02. The molecule has 0 amide bonds. The minimum Gasteiger partial charge on any atom is -0.496 e. The van der Waals surface area contributed by atoms with Gasteiger partial charge in [-0.15, -0.1) is 5.10 Å². The van der Waals surface area contributed by atoms with E-state index in [4.69, 9.17) is 4.74 Å². The number of halogens is 1. The average Bonchev–Trinajstić information content (AvgIpc) is 2.87. The summed E-state index contributed by atoms with van der Waals surface area (Å²) in [6.45, 7) is 4.12. The van der Waals surface area contributed by atoms with Crippen LogP contribution in [0.15, 0.2) is 24.4 Å². The maximum Gasteiger partial charge on any atom is 0.121 e. The molecule has 96 valence electrons. The normalized spacial score (nSPS) is 12.4. The van der Waals surface area contributed by atoms with Gasteiger partial charge in [-0.05, 0) is 37.1 Å². The molecule has 0 fully saturated rings. The van der Waals surface area contributed by atoms with Crippen molar-refractivity contribution in [2.75, 3.05) is 7.11 Å². The standard InChI is InChI=1S/C13H16BrN3O/c1-4-11(14)12-8-17(16-15-12)10-5-6-13(18-3)9(2)7-10/h5-8,11H,4H2,1-3H3. The Kier molecular flexibility index (Phi) is 4.01. The molecule has 0 radical (unpaired) electrons. The second kappa shape index (κ2) is 5.52. The smallest absolute Gasteiger partial charge is 0.121 e. The zero-order chi connectivity index (χ0) is 13.1. The van der Waals surface area contributed by atoms with Crippen LogP contribution in [0, 0.1) is 6.92 Å². The van der Waals surface area contributed by atoms with Gasteiger partial charge in [0.25, 0.3) is 0 Å². The first-order valence-corrected chi connectivity index (χ1v) is 6.78. The maximum absolute atomic E-state index is 5.24. The zero-order valence-corrected chi connectivity index (χ0v) is 12.3. The van der Waals surface area contributed by atoms with E-state index in [0.29, 0.717) is 0 Å². The Morgan fingerprint density at radius 1 is 1.44 bits per heavy atom. The lowest BCUT2D eigenvalue weighted by molar-refractivity contribution is 0.411. The van der Waals surface area contributed by atoms with E-state index in [1.807, 2.05) is 31.3 Å². The fourth-order valence-electron chi connectivity index (χ4n) is 1.76. The quantitative estimate of drug-likeness (QED) is 0.812. The fraction of sp³-hybridized carbons (Fsp3) is 0.385. The van der Waals surface area contributed by atoms with Gasteiger partial charge in [0.15, 0.2) is 0 Å². The van der Waals surface area contributed by atoms with Gasteiger partial charge in [-0.3, -0.25) is 0 Å². The van der Waals surface area contributed by atoms with Crippen molar-refractivity contribution in [3.8, 4) is 11.4 Å².